The van der Waals surface area contributed by atoms with Gasteiger partial charge in [0.2, 0.25) is 10.0 Å². The summed E-state index contributed by atoms with van der Waals surface area (Å²) < 4.78 is 40.1. The zero-order valence-corrected chi connectivity index (χ0v) is 11.6. The molecule has 1 aliphatic rings. The van der Waals surface area contributed by atoms with Gasteiger partial charge < -0.3 is 5.73 Å². The van der Waals surface area contributed by atoms with Crippen molar-refractivity contribution in [2.24, 2.45) is 5.73 Å². The van der Waals surface area contributed by atoms with E-state index in [1.165, 1.54) is 16.4 Å². The van der Waals surface area contributed by atoms with Crippen LogP contribution in [-0.4, -0.2) is 25.8 Å². The highest BCUT2D eigenvalue weighted by Gasteiger charge is 2.27. The Morgan fingerprint density at radius 1 is 1.16 bits per heavy atom. The van der Waals surface area contributed by atoms with Crippen LogP contribution in [0.25, 0.3) is 0 Å². The number of halogens is 1. The maximum atomic E-state index is 13.9. The lowest BCUT2D eigenvalue weighted by atomic mass is 10.2. The number of nitrogens with zero attached hydrogens (tertiary/aromatic N) is 1. The van der Waals surface area contributed by atoms with Crippen LogP contribution in [0.5, 0.6) is 0 Å². The van der Waals surface area contributed by atoms with Crippen molar-refractivity contribution >= 4 is 10.0 Å². The van der Waals surface area contributed by atoms with E-state index in [9.17, 15) is 12.8 Å². The summed E-state index contributed by atoms with van der Waals surface area (Å²) in [4.78, 5) is -0.244. The van der Waals surface area contributed by atoms with Gasteiger partial charge in [-0.1, -0.05) is 18.9 Å². The standard InChI is InChI=1S/C13H19FN2O2S/c14-12-9-11(10-15)5-6-13(12)19(17,18)16-7-3-1-2-4-8-16/h5-6,9H,1-4,7-8,10,15H2. The average Bonchev–Trinajstić information content (AvgIpc) is 2.67. The first-order valence-electron chi connectivity index (χ1n) is 6.54. The highest BCUT2D eigenvalue weighted by Crippen LogP contribution is 2.23. The molecule has 1 fully saturated rings. The molecule has 19 heavy (non-hydrogen) atoms. The molecular weight excluding hydrogens is 267 g/mol. The molecule has 1 aromatic carbocycles. The van der Waals surface area contributed by atoms with Crippen molar-refractivity contribution in [3.8, 4) is 0 Å². The van der Waals surface area contributed by atoms with E-state index < -0.39 is 15.8 Å². The third-order valence-corrected chi connectivity index (χ3v) is 5.35. The Balaban J connectivity index is 2.32. The number of nitrogens with two attached hydrogens (primary N) is 1. The van der Waals surface area contributed by atoms with Crippen molar-refractivity contribution in [1.82, 2.24) is 4.31 Å². The van der Waals surface area contributed by atoms with Crippen LogP contribution in [0.2, 0.25) is 0 Å². The average molecular weight is 286 g/mol. The van der Waals surface area contributed by atoms with E-state index >= 15 is 0 Å². The van der Waals surface area contributed by atoms with Gasteiger partial charge in [0, 0.05) is 19.6 Å². The van der Waals surface area contributed by atoms with Crippen molar-refractivity contribution in [3.05, 3.63) is 29.6 Å². The van der Waals surface area contributed by atoms with E-state index in [1.54, 1.807) is 6.07 Å². The first kappa shape index (κ1) is 14.4. The molecule has 0 radical (unpaired) electrons. The highest BCUT2D eigenvalue weighted by atomic mass is 32.2. The van der Waals surface area contributed by atoms with Crippen molar-refractivity contribution < 1.29 is 12.8 Å². The summed E-state index contributed by atoms with van der Waals surface area (Å²) in [6, 6.07) is 4.08. The molecule has 1 aliphatic heterocycles. The van der Waals surface area contributed by atoms with Crippen LogP contribution >= 0.6 is 0 Å². The molecular formula is C13H19FN2O2S. The van der Waals surface area contributed by atoms with Gasteiger partial charge in [-0.05, 0) is 30.5 Å². The number of hydrogen-bond acceptors (Lipinski definition) is 3. The number of hydrogen-bond donors (Lipinski definition) is 1. The SMILES string of the molecule is NCc1ccc(S(=O)(=O)N2CCCCCC2)c(F)c1. The van der Waals surface area contributed by atoms with E-state index in [0.29, 0.717) is 18.7 Å². The number of sulfonamides is 1. The molecule has 0 saturated carbocycles. The van der Waals surface area contributed by atoms with Gasteiger partial charge in [-0.2, -0.15) is 4.31 Å². The Morgan fingerprint density at radius 2 is 1.79 bits per heavy atom. The summed E-state index contributed by atoms with van der Waals surface area (Å²) in [5.41, 5.74) is 6.00. The molecule has 0 aromatic heterocycles. The Hall–Kier alpha value is -0.980. The van der Waals surface area contributed by atoms with Crippen LogP contribution in [0.1, 0.15) is 31.2 Å². The molecule has 1 saturated heterocycles. The van der Waals surface area contributed by atoms with Gasteiger partial charge in [-0.15, -0.1) is 0 Å². The Kier molecular flexibility index (Phi) is 4.54. The smallest absolute Gasteiger partial charge is 0.245 e. The largest absolute Gasteiger partial charge is 0.326 e. The van der Waals surface area contributed by atoms with Gasteiger partial charge in [0.15, 0.2) is 0 Å². The van der Waals surface area contributed by atoms with Gasteiger partial charge in [0.25, 0.3) is 0 Å². The Bertz CT molecular complexity index is 538. The fraction of sp³-hybridized carbons (Fsp3) is 0.538. The van der Waals surface area contributed by atoms with Crippen LogP contribution in [0.4, 0.5) is 4.39 Å². The van der Waals surface area contributed by atoms with E-state index in [-0.39, 0.29) is 11.4 Å². The molecule has 0 spiro atoms. The molecule has 4 nitrogen and oxygen atoms in total. The minimum atomic E-state index is -3.72. The Labute approximate surface area is 113 Å². The normalized spacial score (nSPS) is 18.2. The predicted octanol–water partition coefficient (Wildman–Crippen LogP) is 1.85. The summed E-state index contributed by atoms with van der Waals surface area (Å²) in [6.07, 6.45) is 3.73. The number of benzene rings is 1. The summed E-state index contributed by atoms with van der Waals surface area (Å²) >= 11 is 0. The van der Waals surface area contributed by atoms with Gasteiger partial charge in [0.1, 0.15) is 10.7 Å². The molecule has 0 atom stereocenters. The van der Waals surface area contributed by atoms with E-state index in [2.05, 4.69) is 0 Å². The second kappa shape index (κ2) is 5.98. The van der Waals surface area contributed by atoms with Crippen molar-refractivity contribution in [2.75, 3.05) is 13.1 Å². The van der Waals surface area contributed by atoms with E-state index in [4.69, 9.17) is 5.73 Å². The summed E-state index contributed by atoms with van der Waals surface area (Å²) in [6.45, 7) is 1.14. The van der Waals surface area contributed by atoms with Crippen LogP contribution < -0.4 is 5.73 Å². The first-order valence-corrected chi connectivity index (χ1v) is 7.98. The lowest BCUT2D eigenvalue weighted by Gasteiger charge is -2.20. The third-order valence-electron chi connectivity index (χ3n) is 3.41. The third kappa shape index (κ3) is 3.13. The zero-order valence-electron chi connectivity index (χ0n) is 10.8. The molecule has 0 unspecified atom stereocenters. The fourth-order valence-corrected chi connectivity index (χ4v) is 3.86. The lowest BCUT2D eigenvalue weighted by molar-refractivity contribution is 0.419. The Morgan fingerprint density at radius 3 is 2.32 bits per heavy atom. The zero-order chi connectivity index (χ0) is 13.9. The van der Waals surface area contributed by atoms with E-state index in [1.807, 2.05) is 0 Å². The molecule has 106 valence electrons. The monoisotopic (exact) mass is 286 g/mol. The van der Waals surface area contributed by atoms with Crippen molar-refractivity contribution in [2.45, 2.75) is 37.1 Å². The van der Waals surface area contributed by atoms with Crippen LogP contribution in [0.3, 0.4) is 0 Å². The molecule has 1 aromatic rings. The molecule has 2 N–H and O–H groups in total. The van der Waals surface area contributed by atoms with Crippen LogP contribution in [0, 0.1) is 5.82 Å². The molecule has 1 heterocycles. The van der Waals surface area contributed by atoms with Gasteiger partial charge in [0.05, 0.1) is 0 Å². The number of rotatable bonds is 3. The minimum absolute atomic E-state index is 0.195. The second-order valence-electron chi connectivity index (χ2n) is 4.79. The van der Waals surface area contributed by atoms with Gasteiger partial charge >= 0.3 is 0 Å². The first-order chi connectivity index (χ1) is 9.05. The maximum Gasteiger partial charge on any atom is 0.245 e. The molecule has 6 heteroatoms. The topological polar surface area (TPSA) is 63.4 Å². The highest BCUT2D eigenvalue weighted by molar-refractivity contribution is 7.89. The van der Waals surface area contributed by atoms with Gasteiger partial charge in [-0.25, -0.2) is 12.8 Å². The fourth-order valence-electron chi connectivity index (χ4n) is 2.30. The maximum absolute atomic E-state index is 13.9. The molecule has 0 aliphatic carbocycles. The quantitative estimate of drug-likeness (QED) is 0.922. The van der Waals surface area contributed by atoms with Gasteiger partial charge in [-0.3, -0.25) is 0 Å². The van der Waals surface area contributed by atoms with Crippen molar-refractivity contribution in [3.63, 3.8) is 0 Å². The summed E-state index contributed by atoms with van der Waals surface area (Å²) in [5, 5.41) is 0. The van der Waals surface area contributed by atoms with Crippen LogP contribution in [0.15, 0.2) is 23.1 Å². The molecule has 0 amide bonds. The molecule has 0 bridgehead atoms. The lowest BCUT2D eigenvalue weighted by Crippen LogP contribution is -2.32. The van der Waals surface area contributed by atoms with Crippen molar-refractivity contribution in [1.29, 1.82) is 0 Å². The summed E-state index contributed by atoms with van der Waals surface area (Å²) in [5.74, 6) is -0.716. The second-order valence-corrected chi connectivity index (χ2v) is 6.69. The minimum Gasteiger partial charge on any atom is -0.326 e. The predicted molar refractivity (Wildman–Crippen MR) is 71.5 cm³/mol. The molecule has 2 rings (SSSR count). The summed E-state index contributed by atoms with van der Waals surface area (Å²) in [7, 11) is -3.72. The van der Waals surface area contributed by atoms with E-state index in [0.717, 1.165) is 25.7 Å². The van der Waals surface area contributed by atoms with Crippen LogP contribution in [-0.2, 0) is 16.6 Å².